The Morgan fingerprint density at radius 1 is 1.09 bits per heavy atom. The number of carbonyl (C=O) groups excluding carboxylic acids is 1. The van der Waals surface area contributed by atoms with Crippen molar-refractivity contribution in [2.24, 2.45) is 0 Å². The third-order valence-electron chi connectivity index (χ3n) is 4.86. The Morgan fingerprint density at radius 2 is 1.78 bits per heavy atom. The first-order chi connectivity index (χ1) is 15.2. The highest BCUT2D eigenvalue weighted by atomic mass is 35.5. The quantitative estimate of drug-likeness (QED) is 0.599. The minimum absolute atomic E-state index is 0.0852. The molecule has 2 atom stereocenters. The van der Waals surface area contributed by atoms with Crippen LogP contribution >= 0.6 is 11.6 Å². The van der Waals surface area contributed by atoms with Crippen molar-refractivity contribution < 1.29 is 22.4 Å². The SMILES string of the molecule is C[C@H]1CN(S(=O)(=O)c2ccc(C(=O)Nc3nnc(-c4cccc(Cl)c4)o3)cc2)C[C@H](C)O1. The second-order valence-corrected chi connectivity index (χ2v) is 9.85. The second-order valence-electron chi connectivity index (χ2n) is 7.48. The number of aromatic nitrogens is 2. The predicted octanol–water partition coefficient (Wildman–Crippen LogP) is 3.44. The van der Waals surface area contributed by atoms with Gasteiger partial charge in [-0.15, -0.1) is 5.10 Å². The average Bonchev–Trinajstić information content (AvgIpc) is 3.21. The van der Waals surface area contributed by atoms with Gasteiger partial charge in [0.2, 0.25) is 15.9 Å². The molecule has 0 aliphatic carbocycles. The van der Waals surface area contributed by atoms with Gasteiger partial charge in [0, 0.05) is 29.2 Å². The Kier molecular flexibility index (Phi) is 6.29. The standard InChI is InChI=1S/C21H21ClN4O5S/c1-13-11-26(12-14(2)30-13)32(28,29)18-8-6-15(7-9-18)19(27)23-21-25-24-20(31-21)16-4-3-5-17(22)10-16/h3-10,13-14H,11-12H2,1-2H3,(H,23,25,27)/t13-,14-/m0/s1. The van der Waals surface area contributed by atoms with Crippen LogP contribution in [-0.4, -0.2) is 54.1 Å². The van der Waals surface area contributed by atoms with Crippen LogP contribution in [0.25, 0.3) is 11.5 Å². The van der Waals surface area contributed by atoms with E-state index in [4.69, 9.17) is 20.8 Å². The zero-order valence-electron chi connectivity index (χ0n) is 17.4. The Morgan fingerprint density at radius 3 is 2.44 bits per heavy atom. The molecule has 1 aromatic heterocycles. The lowest BCUT2D eigenvalue weighted by Gasteiger charge is -2.34. The lowest BCUT2D eigenvalue weighted by Crippen LogP contribution is -2.48. The fraction of sp³-hybridized carbons (Fsp3) is 0.286. The van der Waals surface area contributed by atoms with Gasteiger partial charge in [0.15, 0.2) is 0 Å². The zero-order chi connectivity index (χ0) is 22.9. The maximum absolute atomic E-state index is 12.9. The van der Waals surface area contributed by atoms with E-state index in [1.807, 2.05) is 13.8 Å². The molecule has 9 nitrogen and oxygen atoms in total. The molecule has 0 unspecified atom stereocenters. The third-order valence-corrected chi connectivity index (χ3v) is 6.94. The molecule has 2 heterocycles. The third kappa shape index (κ3) is 4.83. The summed E-state index contributed by atoms with van der Waals surface area (Å²) in [5.41, 5.74) is 0.863. The van der Waals surface area contributed by atoms with Crippen LogP contribution in [0.5, 0.6) is 0 Å². The van der Waals surface area contributed by atoms with Crippen molar-refractivity contribution in [3.8, 4) is 11.5 Å². The highest BCUT2D eigenvalue weighted by Crippen LogP contribution is 2.24. The Balaban J connectivity index is 1.46. The highest BCUT2D eigenvalue weighted by Gasteiger charge is 2.32. The summed E-state index contributed by atoms with van der Waals surface area (Å²) in [6, 6.07) is 12.5. The van der Waals surface area contributed by atoms with Crippen LogP contribution < -0.4 is 5.32 Å². The molecule has 1 aliphatic heterocycles. The van der Waals surface area contributed by atoms with E-state index >= 15 is 0 Å². The average molecular weight is 477 g/mol. The van der Waals surface area contributed by atoms with E-state index in [-0.39, 0.29) is 47.7 Å². The summed E-state index contributed by atoms with van der Waals surface area (Å²) in [5, 5.41) is 10.7. The van der Waals surface area contributed by atoms with Crippen LogP contribution in [0.15, 0.2) is 57.8 Å². The van der Waals surface area contributed by atoms with Crippen LogP contribution in [-0.2, 0) is 14.8 Å². The van der Waals surface area contributed by atoms with E-state index < -0.39 is 15.9 Å². The molecule has 32 heavy (non-hydrogen) atoms. The van der Waals surface area contributed by atoms with Gasteiger partial charge in [-0.25, -0.2) is 8.42 Å². The minimum Gasteiger partial charge on any atom is -0.403 e. The summed E-state index contributed by atoms with van der Waals surface area (Å²) in [4.78, 5) is 12.6. The number of amides is 1. The van der Waals surface area contributed by atoms with Crippen molar-refractivity contribution in [1.82, 2.24) is 14.5 Å². The maximum atomic E-state index is 12.9. The molecule has 1 fully saturated rings. The van der Waals surface area contributed by atoms with Gasteiger partial charge in [-0.3, -0.25) is 10.1 Å². The molecule has 0 bridgehead atoms. The summed E-state index contributed by atoms with van der Waals surface area (Å²) in [5.74, 6) is -0.304. The van der Waals surface area contributed by atoms with Gasteiger partial charge in [-0.1, -0.05) is 22.8 Å². The van der Waals surface area contributed by atoms with Crippen LogP contribution in [0.4, 0.5) is 6.01 Å². The van der Waals surface area contributed by atoms with Crippen molar-refractivity contribution in [3.05, 3.63) is 59.1 Å². The summed E-state index contributed by atoms with van der Waals surface area (Å²) in [7, 11) is -3.69. The molecule has 2 aromatic carbocycles. The largest absolute Gasteiger partial charge is 0.403 e. The van der Waals surface area contributed by atoms with E-state index in [1.54, 1.807) is 24.3 Å². The first-order valence-electron chi connectivity index (χ1n) is 9.89. The molecule has 1 aliphatic rings. The molecule has 0 saturated carbocycles. The van der Waals surface area contributed by atoms with Crippen molar-refractivity contribution in [1.29, 1.82) is 0 Å². The molecular weight excluding hydrogens is 456 g/mol. The molecule has 0 spiro atoms. The van der Waals surface area contributed by atoms with Crippen LogP contribution in [0.2, 0.25) is 5.02 Å². The molecule has 168 valence electrons. The molecule has 1 amide bonds. The Bertz CT molecular complexity index is 1220. The normalized spacial score (nSPS) is 19.6. The van der Waals surface area contributed by atoms with Crippen LogP contribution in [0, 0.1) is 0 Å². The lowest BCUT2D eigenvalue weighted by atomic mass is 10.2. The van der Waals surface area contributed by atoms with E-state index in [1.165, 1.54) is 28.6 Å². The predicted molar refractivity (Wildman–Crippen MR) is 118 cm³/mol. The molecule has 11 heteroatoms. The van der Waals surface area contributed by atoms with E-state index in [0.717, 1.165) is 0 Å². The molecule has 4 rings (SSSR count). The number of hydrogen-bond donors (Lipinski definition) is 1. The van der Waals surface area contributed by atoms with Gasteiger partial charge in [0.05, 0.1) is 17.1 Å². The van der Waals surface area contributed by atoms with Gasteiger partial charge in [-0.05, 0) is 56.3 Å². The summed E-state index contributed by atoms with van der Waals surface area (Å²) in [6.45, 7) is 4.23. The smallest absolute Gasteiger partial charge is 0.322 e. The van der Waals surface area contributed by atoms with Crippen molar-refractivity contribution in [3.63, 3.8) is 0 Å². The van der Waals surface area contributed by atoms with Crippen molar-refractivity contribution in [2.45, 2.75) is 31.0 Å². The lowest BCUT2D eigenvalue weighted by molar-refractivity contribution is -0.0440. The molecule has 0 radical (unpaired) electrons. The zero-order valence-corrected chi connectivity index (χ0v) is 18.9. The summed E-state index contributed by atoms with van der Waals surface area (Å²) < 4.78 is 38.3. The topological polar surface area (TPSA) is 115 Å². The fourth-order valence-corrected chi connectivity index (χ4v) is 5.22. The maximum Gasteiger partial charge on any atom is 0.322 e. The number of rotatable bonds is 5. The monoisotopic (exact) mass is 476 g/mol. The summed E-state index contributed by atoms with van der Waals surface area (Å²) in [6.07, 6.45) is -0.380. The van der Waals surface area contributed by atoms with Gasteiger partial charge in [-0.2, -0.15) is 4.31 Å². The van der Waals surface area contributed by atoms with Crippen LogP contribution in [0.1, 0.15) is 24.2 Å². The van der Waals surface area contributed by atoms with Crippen LogP contribution in [0.3, 0.4) is 0 Å². The second kappa shape index (κ2) is 8.99. The number of morpholine rings is 1. The number of sulfonamides is 1. The first kappa shape index (κ1) is 22.4. The Labute approximate surface area is 190 Å². The number of carbonyl (C=O) groups is 1. The Hall–Kier alpha value is -2.79. The van der Waals surface area contributed by atoms with Gasteiger partial charge < -0.3 is 9.15 Å². The van der Waals surface area contributed by atoms with E-state index in [9.17, 15) is 13.2 Å². The van der Waals surface area contributed by atoms with E-state index in [2.05, 4.69) is 15.5 Å². The van der Waals surface area contributed by atoms with Crippen molar-refractivity contribution >= 4 is 33.5 Å². The first-order valence-corrected chi connectivity index (χ1v) is 11.7. The number of halogens is 1. The van der Waals surface area contributed by atoms with E-state index in [0.29, 0.717) is 10.6 Å². The minimum atomic E-state index is -3.69. The fourth-order valence-electron chi connectivity index (χ4n) is 3.44. The number of ether oxygens (including phenoxy) is 1. The molecule has 1 saturated heterocycles. The molecular formula is C21H21ClN4O5S. The molecule has 3 aromatic rings. The van der Waals surface area contributed by atoms with Gasteiger partial charge in [0.25, 0.3) is 5.91 Å². The number of hydrogen-bond acceptors (Lipinski definition) is 7. The number of nitrogens with one attached hydrogen (secondary N) is 1. The molecule has 1 N–H and O–H groups in total. The summed E-state index contributed by atoms with van der Waals surface area (Å²) >= 11 is 5.96. The van der Waals surface area contributed by atoms with Crippen molar-refractivity contribution in [2.75, 3.05) is 18.4 Å². The number of benzene rings is 2. The number of anilines is 1. The number of nitrogens with zero attached hydrogens (tertiary/aromatic N) is 3. The van der Waals surface area contributed by atoms with Gasteiger partial charge in [0.1, 0.15) is 0 Å². The van der Waals surface area contributed by atoms with Gasteiger partial charge >= 0.3 is 6.01 Å². The highest BCUT2D eigenvalue weighted by molar-refractivity contribution is 7.89.